The number of piperidine rings is 1. The number of urea groups is 1. The van der Waals surface area contributed by atoms with Crippen molar-refractivity contribution < 1.29 is 14.3 Å². The fourth-order valence-corrected chi connectivity index (χ4v) is 4.21. The maximum Gasteiger partial charge on any atom is 0.324 e. The van der Waals surface area contributed by atoms with Crippen molar-refractivity contribution in [2.45, 2.75) is 31.7 Å². The maximum atomic E-state index is 13.0. The molecule has 1 aliphatic heterocycles. The molecule has 2 heterocycles. The molecule has 3 aromatic rings. The Balaban J connectivity index is 1.35. The van der Waals surface area contributed by atoms with Crippen LogP contribution >= 0.6 is 0 Å². The topological polar surface area (TPSA) is 88.5 Å². The Morgan fingerprint density at radius 3 is 2.42 bits per heavy atom. The van der Waals surface area contributed by atoms with Crippen LogP contribution in [0.3, 0.4) is 0 Å². The predicted molar refractivity (Wildman–Crippen MR) is 128 cm³/mol. The zero-order valence-electron chi connectivity index (χ0n) is 18.9. The van der Waals surface area contributed by atoms with Gasteiger partial charge in [0.1, 0.15) is 11.6 Å². The number of carbonyl (C=O) groups excluding carboxylic acids is 2. The number of likely N-dealkylation sites (tertiary alicyclic amines) is 1. The summed E-state index contributed by atoms with van der Waals surface area (Å²) in [5.41, 5.74) is 1.62. The lowest BCUT2D eigenvalue weighted by molar-refractivity contribution is -0.133. The first-order valence-corrected chi connectivity index (χ1v) is 11.1. The van der Waals surface area contributed by atoms with Gasteiger partial charge in [-0.3, -0.25) is 10.1 Å². The Morgan fingerprint density at radius 2 is 1.70 bits per heavy atom. The van der Waals surface area contributed by atoms with Gasteiger partial charge < -0.3 is 15.0 Å². The molecule has 0 spiro atoms. The van der Waals surface area contributed by atoms with Crippen LogP contribution in [0.15, 0.2) is 66.9 Å². The summed E-state index contributed by atoms with van der Waals surface area (Å²) in [5, 5.41) is 10.1. The van der Waals surface area contributed by atoms with Crippen LogP contribution in [0.4, 0.5) is 16.3 Å². The number of anilines is 2. The molecule has 8 heteroatoms. The average molecular weight is 448 g/mol. The van der Waals surface area contributed by atoms with E-state index in [1.807, 2.05) is 59.0 Å². The molecule has 1 aromatic heterocycles. The predicted octanol–water partition coefficient (Wildman–Crippen LogP) is 4.50. The van der Waals surface area contributed by atoms with Gasteiger partial charge in [-0.15, -0.1) is 0 Å². The van der Waals surface area contributed by atoms with Gasteiger partial charge >= 0.3 is 6.03 Å². The van der Waals surface area contributed by atoms with Crippen LogP contribution in [0.5, 0.6) is 5.75 Å². The summed E-state index contributed by atoms with van der Waals surface area (Å²) in [6.45, 7) is 3.28. The third-order valence-electron chi connectivity index (χ3n) is 6.06. The Kier molecular flexibility index (Phi) is 6.92. The number of rotatable bonds is 6. The maximum absolute atomic E-state index is 13.0. The number of hydrogen-bond acceptors (Lipinski definition) is 4. The molecular weight excluding hydrogens is 418 g/mol. The Hall–Kier alpha value is -3.81. The summed E-state index contributed by atoms with van der Waals surface area (Å²) in [7, 11) is 1.56. The van der Waals surface area contributed by atoms with Crippen LogP contribution in [-0.4, -0.2) is 46.8 Å². The zero-order valence-corrected chi connectivity index (χ0v) is 18.9. The van der Waals surface area contributed by atoms with Crippen molar-refractivity contribution in [3.05, 3.63) is 72.4 Å². The quantitative estimate of drug-likeness (QED) is 0.582. The van der Waals surface area contributed by atoms with Crippen molar-refractivity contribution in [2.24, 2.45) is 0 Å². The van der Waals surface area contributed by atoms with Crippen molar-refractivity contribution in [3.8, 4) is 5.75 Å². The first-order valence-electron chi connectivity index (χ1n) is 11.1. The third-order valence-corrected chi connectivity index (χ3v) is 6.06. The van der Waals surface area contributed by atoms with E-state index in [0.717, 1.165) is 18.4 Å². The van der Waals surface area contributed by atoms with E-state index in [2.05, 4.69) is 15.7 Å². The largest absolute Gasteiger partial charge is 0.495 e. The van der Waals surface area contributed by atoms with Crippen molar-refractivity contribution in [2.75, 3.05) is 30.8 Å². The summed E-state index contributed by atoms with van der Waals surface area (Å²) in [6.07, 6.45) is 3.23. The number of amides is 3. The molecule has 0 saturated carbocycles. The summed E-state index contributed by atoms with van der Waals surface area (Å²) in [4.78, 5) is 27.4. The number of methoxy groups -OCH3 is 1. The molecule has 3 amide bonds. The van der Waals surface area contributed by atoms with Gasteiger partial charge in [-0.25, -0.2) is 9.48 Å². The molecule has 1 aliphatic rings. The van der Waals surface area contributed by atoms with E-state index in [-0.39, 0.29) is 23.9 Å². The number of aromatic nitrogens is 2. The molecule has 4 rings (SSSR count). The van der Waals surface area contributed by atoms with Gasteiger partial charge in [0.25, 0.3) is 0 Å². The summed E-state index contributed by atoms with van der Waals surface area (Å²) < 4.78 is 7.12. The molecular formula is C25H29N5O3. The molecule has 1 fully saturated rings. The second-order valence-electron chi connectivity index (χ2n) is 8.13. The SMILES string of the molecule is COc1ccccc1NC(=O)Nc1ccnn1C1CCN(C(=O)C(C)c2ccccc2)CC1. The normalized spacial score (nSPS) is 15.0. The lowest BCUT2D eigenvalue weighted by atomic mass is 9.97. The van der Waals surface area contributed by atoms with Crippen LogP contribution in [0.2, 0.25) is 0 Å². The molecule has 33 heavy (non-hydrogen) atoms. The van der Waals surface area contributed by atoms with E-state index in [1.54, 1.807) is 31.5 Å². The van der Waals surface area contributed by atoms with Crippen LogP contribution in [0, 0.1) is 0 Å². The minimum absolute atomic E-state index is 0.109. The molecule has 2 aromatic carbocycles. The molecule has 0 bridgehead atoms. The number of para-hydroxylation sites is 2. The minimum atomic E-state index is -0.370. The lowest BCUT2D eigenvalue weighted by Crippen LogP contribution is -2.41. The Morgan fingerprint density at radius 1 is 1.00 bits per heavy atom. The molecule has 1 atom stereocenters. The van der Waals surface area contributed by atoms with Gasteiger partial charge in [-0.1, -0.05) is 42.5 Å². The first-order chi connectivity index (χ1) is 16.1. The van der Waals surface area contributed by atoms with Gasteiger partial charge in [0.15, 0.2) is 0 Å². The van der Waals surface area contributed by atoms with Crippen molar-refractivity contribution in [1.29, 1.82) is 0 Å². The van der Waals surface area contributed by atoms with E-state index >= 15 is 0 Å². The van der Waals surface area contributed by atoms with E-state index in [4.69, 9.17) is 4.74 Å². The van der Waals surface area contributed by atoms with Crippen molar-refractivity contribution in [3.63, 3.8) is 0 Å². The summed E-state index contributed by atoms with van der Waals surface area (Å²) in [5.74, 6) is 1.19. The lowest BCUT2D eigenvalue weighted by Gasteiger charge is -2.34. The highest BCUT2D eigenvalue weighted by Crippen LogP contribution is 2.28. The zero-order chi connectivity index (χ0) is 23.2. The first kappa shape index (κ1) is 22.4. The third kappa shape index (κ3) is 5.16. The number of benzene rings is 2. The Bertz CT molecular complexity index is 1090. The van der Waals surface area contributed by atoms with Crippen LogP contribution in [0.1, 0.15) is 37.3 Å². The van der Waals surface area contributed by atoms with Gasteiger partial charge in [-0.05, 0) is 37.5 Å². The fourth-order valence-electron chi connectivity index (χ4n) is 4.21. The van der Waals surface area contributed by atoms with E-state index < -0.39 is 0 Å². The number of nitrogens with one attached hydrogen (secondary N) is 2. The number of ether oxygens (including phenoxy) is 1. The molecule has 2 N–H and O–H groups in total. The van der Waals surface area contributed by atoms with Crippen molar-refractivity contribution in [1.82, 2.24) is 14.7 Å². The minimum Gasteiger partial charge on any atom is -0.495 e. The van der Waals surface area contributed by atoms with Crippen LogP contribution < -0.4 is 15.4 Å². The highest BCUT2D eigenvalue weighted by Gasteiger charge is 2.28. The van der Waals surface area contributed by atoms with Gasteiger partial charge in [0.05, 0.1) is 31.0 Å². The summed E-state index contributed by atoms with van der Waals surface area (Å²) in [6, 6.07) is 18.6. The smallest absolute Gasteiger partial charge is 0.324 e. The Labute approximate surface area is 193 Å². The second kappa shape index (κ2) is 10.2. The van der Waals surface area contributed by atoms with E-state index in [0.29, 0.717) is 30.3 Å². The van der Waals surface area contributed by atoms with Crippen molar-refractivity contribution >= 4 is 23.4 Å². The van der Waals surface area contributed by atoms with Gasteiger partial charge in [0, 0.05) is 19.2 Å². The number of carbonyl (C=O) groups is 2. The van der Waals surface area contributed by atoms with E-state index in [9.17, 15) is 9.59 Å². The van der Waals surface area contributed by atoms with E-state index in [1.165, 1.54) is 0 Å². The summed E-state index contributed by atoms with van der Waals surface area (Å²) >= 11 is 0. The highest BCUT2D eigenvalue weighted by molar-refractivity contribution is 6.00. The fraction of sp³-hybridized carbons (Fsp3) is 0.320. The average Bonchev–Trinajstić information content (AvgIpc) is 3.32. The standard InChI is InChI=1S/C25H29N5O3/c1-18(19-8-4-3-5-9-19)24(31)29-16-13-20(14-17-29)30-23(12-15-26-30)28-25(32)27-21-10-6-7-11-22(21)33-2/h3-12,15,18,20H,13-14,16-17H2,1-2H3,(H2,27,28,32). The van der Waals surface area contributed by atoms with Gasteiger partial charge in [-0.2, -0.15) is 5.10 Å². The molecule has 172 valence electrons. The highest BCUT2D eigenvalue weighted by atomic mass is 16.5. The number of hydrogen-bond donors (Lipinski definition) is 2. The molecule has 1 saturated heterocycles. The molecule has 8 nitrogen and oxygen atoms in total. The molecule has 0 radical (unpaired) electrons. The second-order valence-corrected chi connectivity index (χ2v) is 8.13. The molecule has 0 aliphatic carbocycles. The number of nitrogens with zero attached hydrogens (tertiary/aromatic N) is 3. The van der Waals surface area contributed by atoms with Gasteiger partial charge in [0.2, 0.25) is 5.91 Å². The van der Waals surface area contributed by atoms with Crippen LogP contribution in [-0.2, 0) is 4.79 Å². The van der Waals surface area contributed by atoms with Crippen LogP contribution in [0.25, 0.3) is 0 Å². The molecule has 1 unspecified atom stereocenters. The monoisotopic (exact) mass is 447 g/mol.